The molecule has 1 aromatic carbocycles. The first kappa shape index (κ1) is 7.79. The molecular weight excluding hydrogens is 172 g/mol. The Labute approximate surface area is 74.1 Å². The van der Waals surface area contributed by atoms with E-state index in [1.54, 1.807) is 6.07 Å². The van der Waals surface area contributed by atoms with Gasteiger partial charge >= 0.3 is 0 Å². The van der Waals surface area contributed by atoms with Crippen molar-refractivity contribution in [2.45, 2.75) is 0 Å². The minimum atomic E-state index is 0.0957. The summed E-state index contributed by atoms with van der Waals surface area (Å²) in [6, 6.07) is 3.14. The monoisotopic (exact) mass is 178 g/mol. The SMILES string of the molecule is O=Cc1ccc2c(c1C=O)OCO2. The molecule has 0 fully saturated rings. The fourth-order valence-electron chi connectivity index (χ4n) is 1.23. The molecule has 0 saturated carbocycles. The van der Waals surface area contributed by atoms with Gasteiger partial charge in [0.2, 0.25) is 6.79 Å². The first-order valence-electron chi connectivity index (χ1n) is 3.70. The Morgan fingerprint density at radius 2 is 2.00 bits per heavy atom. The van der Waals surface area contributed by atoms with Gasteiger partial charge in [-0.25, -0.2) is 0 Å². The molecule has 0 amide bonds. The van der Waals surface area contributed by atoms with Crippen molar-refractivity contribution in [1.29, 1.82) is 0 Å². The fraction of sp³-hybridized carbons (Fsp3) is 0.111. The Morgan fingerprint density at radius 1 is 1.15 bits per heavy atom. The highest BCUT2D eigenvalue weighted by molar-refractivity contribution is 5.94. The molecule has 1 aliphatic rings. The summed E-state index contributed by atoms with van der Waals surface area (Å²) in [4.78, 5) is 21.2. The molecule has 0 saturated heterocycles. The van der Waals surface area contributed by atoms with Crippen molar-refractivity contribution in [2.75, 3.05) is 6.79 Å². The van der Waals surface area contributed by atoms with Crippen LogP contribution in [0.5, 0.6) is 11.5 Å². The summed E-state index contributed by atoms with van der Waals surface area (Å²) in [5.41, 5.74) is 0.573. The van der Waals surface area contributed by atoms with Gasteiger partial charge in [-0.3, -0.25) is 9.59 Å². The van der Waals surface area contributed by atoms with Crippen molar-refractivity contribution < 1.29 is 19.1 Å². The van der Waals surface area contributed by atoms with Crippen LogP contribution in [-0.2, 0) is 0 Å². The maximum atomic E-state index is 10.7. The Morgan fingerprint density at radius 3 is 2.69 bits per heavy atom. The second-order valence-electron chi connectivity index (χ2n) is 2.54. The number of hydrogen-bond acceptors (Lipinski definition) is 4. The van der Waals surface area contributed by atoms with E-state index in [9.17, 15) is 9.59 Å². The number of aldehydes is 2. The van der Waals surface area contributed by atoms with Crippen molar-refractivity contribution in [1.82, 2.24) is 0 Å². The van der Waals surface area contributed by atoms with Crippen LogP contribution in [0, 0.1) is 0 Å². The zero-order chi connectivity index (χ0) is 9.26. The fourth-order valence-corrected chi connectivity index (χ4v) is 1.23. The van der Waals surface area contributed by atoms with E-state index in [-0.39, 0.29) is 12.4 Å². The predicted molar refractivity (Wildman–Crippen MR) is 43.3 cm³/mol. The highest BCUT2D eigenvalue weighted by Gasteiger charge is 2.19. The summed E-state index contributed by atoms with van der Waals surface area (Å²) in [6.45, 7) is 0.0957. The molecule has 4 heteroatoms. The van der Waals surface area contributed by atoms with Crippen LogP contribution in [0.4, 0.5) is 0 Å². The molecule has 4 nitrogen and oxygen atoms in total. The van der Waals surface area contributed by atoms with Crippen molar-refractivity contribution in [2.24, 2.45) is 0 Å². The van der Waals surface area contributed by atoms with E-state index in [4.69, 9.17) is 9.47 Å². The van der Waals surface area contributed by atoms with Crippen LogP contribution in [0.2, 0.25) is 0 Å². The molecule has 2 rings (SSSR count). The lowest BCUT2D eigenvalue weighted by molar-refractivity contribution is 0.109. The molecule has 1 aliphatic heterocycles. The Bertz CT molecular complexity index is 370. The Balaban J connectivity index is 2.65. The van der Waals surface area contributed by atoms with Crippen molar-refractivity contribution in [3.63, 3.8) is 0 Å². The van der Waals surface area contributed by atoms with Gasteiger partial charge in [-0.05, 0) is 12.1 Å². The van der Waals surface area contributed by atoms with Gasteiger partial charge in [-0.15, -0.1) is 0 Å². The summed E-state index contributed by atoms with van der Waals surface area (Å²) in [5, 5.41) is 0. The van der Waals surface area contributed by atoms with Crippen LogP contribution in [-0.4, -0.2) is 19.4 Å². The normalized spacial score (nSPS) is 12.6. The maximum absolute atomic E-state index is 10.7. The van der Waals surface area contributed by atoms with Gasteiger partial charge in [0.15, 0.2) is 24.1 Å². The van der Waals surface area contributed by atoms with Gasteiger partial charge in [0.05, 0.1) is 5.56 Å². The van der Waals surface area contributed by atoms with E-state index in [1.807, 2.05) is 0 Å². The van der Waals surface area contributed by atoms with Gasteiger partial charge in [0.25, 0.3) is 0 Å². The van der Waals surface area contributed by atoms with E-state index in [1.165, 1.54) is 6.07 Å². The lowest BCUT2D eigenvalue weighted by atomic mass is 10.1. The molecule has 0 radical (unpaired) electrons. The van der Waals surface area contributed by atoms with Gasteiger partial charge in [-0.1, -0.05) is 0 Å². The minimum Gasteiger partial charge on any atom is -0.454 e. The van der Waals surface area contributed by atoms with Gasteiger partial charge in [-0.2, -0.15) is 0 Å². The van der Waals surface area contributed by atoms with Crippen LogP contribution < -0.4 is 9.47 Å². The van der Waals surface area contributed by atoms with E-state index in [2.05, 4.69) is 0 Å². The van der Waals surface area contributed by atoms with Gasteiger partial charge in [0.1, 0.15) is 0 Å². The van der Waals surface area contributed by atoms with Crippen LogP contribution in [0.1, 0.15) is 20.7 Å². The van der Waals surface area contributed by atoms with E-state index < -0.39 is 0 Å². The third kappa shape index (κ3) is 1.07. The van der Waals surface area contributed by atoms with E-state index in [0.29, 0.717) is 29.6 Å². The molecule has 0 atom stereocenters. The number of fused-ring (bicyclic) bond motifs is 1. The molecule has 1 aromatic rings. The number of rotatable bonds is 2. The second-order valence-corrected chi connectivity index (χ2v) is 2.54. The summed E-state index contributed by atoms with van der Waals surface area (Å²) in [6.07, 6.45) is 1.21. The quantitative estimate of drug-likeness (QED) is 0.635. The minimum absolute atomic E-state index is 0.0957. The van der Waals surface area contributed by atoms with Crippen molar-refractivity contribution in [3.8, 4) is 11.5 Å². The predicted octanol–water partition coefficient (Wildman–Crippen LogP) is 1.04. The standard InChI is InChI=1S/C9H6O4/c10-3-6-1-2-8-9(7(6)4-11)13-5-12-8/h1-4H,5H2. The molecule has 0 N–H and O–H groups in total. The molecule has 0 bridgehead atoms. The van der Waals surface area contributed by atoms with Crippen LogP contribution in [0.25, 0.3) is 0 Å². The molecule has 0 aromatic heterocycles. The second kappa shape index (κ2) is 2.90. The first-order chi connectivity index (χ1) is 6.36. The van der Waals surface area contributed by atoms with Gasteiger partial charge < -0.3 is 9.47 Å². The average Bonchev–Trinajstić information content (AvgIpc) is 2.63. The van der Waals surface area contributed by atoms with Crippen molar-refractivity contribution in [3.05, 3.63) is 23.3 Å². The summed E-state index contributed by atoms with van der Waals surface area (Å²) in [5.74, 6) is 0.868. The number of carbonyl (C=O) groups is 2. The molecule has 0 spiro atoms. The highest BCUT2D eigenvalue weighted by Crippen LogP contribution is 2.35. The van der Waals surface area contributed by atoms with Crippen LogP contribution in [0.15, 0.2) is 12.1 Å². The highest BCUT2D eigenvalue weighted by atomic mass is 16.7. The van der Waals surface area contributed by atoms with Gasteiger partial charge in [0, 0.05) is 5.56 Å². The smallest absolute Gasteiger partial charge is 0.231 e. The molecule has 66 valence electrons. The Kier molecular flexibility index (Phi) is 1.73. The van der Waals surface area contributed by atoms with Crippen LogP contribution >= 0.6 is 0 Å². The molecule has 13 heavy (non-hydrogen) atoms. The van der Waals surface area contributed by atoms with Crippen molar-refractivity contribution >= 4 is 12.6 Å². The number of hydrogen-bond donors (Lipinski definition) is 0. The third-order valence-electron chi connectivity index (χ3n) is 1.86. The number of benzene rings is 1. The zero-order valence-corrected chi connectivity index (χ0v) is 6.65. The topological polar surface area (TPSA) is 52.6 Å². The lowest BCUT2D eigenvalue weighted by Crippen LogP contribution is -1.95. The third-order valence-corrected chi connectivity index (χ3v) is 1.86. The lowest BCUT2D eigenvalue weighted by Gasteiger charge is -2.00. The summed E-state index contributed by atoms with van der Waals surface area (Å²) < 4.78 is 10.1. The summed E-state index contributed by atoms with van der Waals surface area (Å²) >= 11 is 0. The molecular formula is C9H6O4. The molecule has 1 heterocycles. The number of ether oxygens (including phenoxy) is 2. The van der Waals surface area contributed by atoms with E-state index in [0.717, 1.165) is 0 Å². The zero-order valence-electron chi connectivity index (χ0n) is 6.65. The number of carbonyl (C=O) groups excluding carboxylic acids is 2. The largest absolute Gasteiger partial charge is 0.454 e. The first-order valence-corrected chi connectivity index (χ1v) is 3.70. The summed E-state index contributed by atoms with van der Waals surface area (Å²) in [7, 11) is 0. The van der Waals surface area contributed by atoms with E-state index >= 15 is 0 Å². The Hall–Kier alpha value is -1.84. The maximum Gasteiger partial charge on any atom is 0.231 e. The average molecular weight is 178 g/mol. The van der Waals surface area contributed by atoms with Crippen LogP contribution in [0.3, 0.4) is 0 Å². The molecule has 0 unspecified atom stereocenters. The molecule has 0 aliphatic carbocycles.